The monoisotopic (exact) mass is 235 g/mol. The summed E-state index contributed by atoms with van der Waals surface area (Å²) in [4.78, 5) is 0. The number of hydrogen-bond acceptors (Lipinski definition) is 3. The van der Waals surface area contributed by atoms with Gasteiger partial charge in [0, 0.05) is 18.6 Å². The second-order valence-electron chi connectivity index (χ2n) is 3.30. The van der Waals surface area contributed by atoms with Gasteiger partial charge in [-0.25, -0.2) is 15.3 Å². The first-order chi connectivity index (χ1) is 7.95. The summed E-state index contributed by atoms with van der Waals surface area (Å²) in [5, 5.41) is 12.7. The summed E-state index contributed by atoms with van der Waals surface area (Å²) >= 11 is 0. The van der Waals surface area contributed by atoms with E-state index in [2.05, 4.69) is 15.3 Å². The molecule has 0 unspecified atom stereocenters. The fraction of sp³-hybridized carbons (Fsp3) is 0. The van der Waals surface area contributed by atoms with Crippen molar-refractivity contribution >= 4 is 7.12 Å². The van der Waals surface area contributed by atoms with Crippen molar-refractivity contribution in [1.82, 2.24) is 29.1 Å². The van der Waals surface area contributed by atoms with Crippen molar-refractivity contribution in [3.8, 4) is 0 Å². The number of rotatable bonds is 3. The van der Waals surface area contributed by atoms with Gasteiger partial charge in [0.2, 0.25) is 0 Å². The van der Waals surface area contributed by atoms with Crippen LogP contribution in [-0.2, 0) is 0 Å². The normalized spacial score (nSPS) is 10.4. The maximum Gasteiger partial charge on any atom is 1.00 e. The molecule has 3 heterocycles. The van der Waals surface area contributed by atoms with Crippen LogP contribution >= 0.6 is 0 Å². The molecule has 0 aliphatic carbocycles. The molecule has 3 rings (SSSR count). The zero-order valence-electron chi connectivity index (χ0n) is 9.46. The number of nitrogens with zero attached hydrogens (tertiary/aromatic N) is 6. The van der Waals surface area contributed by atoms with E-state index in [0.717, 1.165) is 0 Å². The maximum absolute atomic E-state index is 4.22. The summed E-state index contributed by atoms with van der Waals surface area (Å²) in [5.74, 6) is 0. The Morgan fingerprint density at radius 3 is 1.24 bits per heavy atom. The van der Waals surface area contributed by atoms with E-state index in [1.54, 1.807) is 32.4 Å². The summed E-state index contributed by atoms with van der Waals surface area (Å²) in [7, 11) is -0.194. The maximum atomic E-state index is 4.22. The Balaban J connectivity index is 0.00000108. The molecule has 6 nitrogen and oxygen atoms in total. The quantitative estimate of drug-likeness (QED) is 0.461. The Morgan fingerprint density at radius 1 is 0.647 bits per heavy atom. The molecule has 3 aromatic rings. The van der Waals surface area contributed by atoms with E-state index in [1.165, 1.54) is 0 Å². The molecule has 0 atom stereocenters. The summed E-state index contributed by atoms with van der Waals surface area (Å²) in [5.41, 5.74) is 0. The molecule has 0 spiro atoms. The molecule has 0 N–H and O–H groups in total. The molecular weight excluding hydrogens is 226 g/mol. The van der Waals surface area contributed by atoms with Gasteiger partial charge < -0.3 is 13.8 Å². The average Bonchev–Trinajstić information content (AvgIpc) is 3.02. The third-order valence-corrected chi connectivity index (χ3v) is 2.28. The van der Waals surface area contributed by atoms with Crippen LogP contribution in [0.25, 0.3) is 0 Å². The van der Waals surface area contributed by atoms with Crippen molar-refractivity contribution in [3.63, 3.8) is 0 Å². The Hall–Kier alpha value is -1.31. The van der Waals surface area contributed by atoms with E-state index in [-0.39, 0.29) is 36.7 Å². The second kappa shape index (κ2) is 5.35. The SMILES string of the molecule is [Na+].c1cnn([B-](n2cccn2)n2cccn2)c1. The first-order valence-corrected chi connectivity index (χ1v) is 4.92. The molecule has 3 aromatic heterocycles. The van der Waals surface area contributed by atoms with Gasteiger partial charge >= 0.3 is 29.6 Å². The van der Waals surface area contributed by atoms with Crippen LogP contribution in [0.15, 0.2) is 55.4 Å². The van der Waals surface area contributed by atoms with Crippen molar-refractivity contribution in [2.75, 3.05) is 0 Å². The minimum absolute atomic E-state index is 0. The van der Waals surface area contributed by atoms with Crippen LogP contribution in [-0.4, -0.2) is 36.2 Å². The predicted octanol–water partition coefficient (Wildman–Crippen LogP) is -2.79. The Kier molecular flexibility index (Phi) is 3.83. The molecule has 79 valence electrons. The van der Waals surface area contributed by atoms with Crippen LogP contribution in [0.5, 0.6) is 0 Å². The van der Waals surface area contributed by atoms with E-state index >= 15 is 0 Å². The first-order valence-electron chi connectivity index (χ1n) is 4.92. The zero-order valence-corrected chi connectivity index (χ0v) is 11.5. The molecule has 0 aliphatic rings. The smallest absolute Gasteiger partial charge is 0.425 e. The van der Waals surface area contributed by atoms with Gasteiger partial charge in [0.1, 0.15) is 0 Å². The molecule has 0 saturated carbocycles. The molecular formula is C9H9BN6Na. The molecule has 0 fully saturated rings. The summed E-state index contributed by atoms with van der Waals surface area (Å²) in [6.07, 6.45) is 10.9. The van der Waals surface area contributed by atoms with Gasteiger partial charge in [-0.3, -0.25) is 0 Å². The van der Waals surface area contributed by atoms with Gasteiger partial charge in [-0.05, 0) is 36.8 Å². The fourth-order valence-corrected chi connectivity index (χ4v) is 1.62. The van der Waals surface area contributed by atoms with Gasteiger partial charge in [-0.15, -0.1) is 0 Å². The number of hydrogen-bond donors (Lipinski definition) is 0. The minimum atomic E-state index is -0.194. The van der Waals surface area contributed by atoms with Crippen molar-refractivity contribution in [1.29, 1.82) is 0 Å². The summed E-state index contributed by atoms with van der Waals surface area (Å²) in [6.45, 7) is 0. The largest absolute Gasteiger partial charge is 1.00 e. The second-order valence-corrected chi connectivity index (χ2v) is 3.30. The summed E-state index contributed by atoms with van der Waals surface area (Å²) in [6, 6.07) is 5.62. The molecule has 0 saturated heterocycles. The molecule has 0 amide bonds. The van der Waals surface area contributed by atoms with Crippen molar-refractivity contribution < 1.29 is 29.6 Å². The van der Waals surface area contributed by atoms with Gasteiger partial charge in [-0.1, -0.05) is 0 Å². The zero-order chi connectivity index (χ0) is 10.8. The molecule has 0 aliphatic heterocycles. The van der Waals surface area contributed by atoms with Crippen molar-refractivity contribution in [3.05, 3.63) is 55.4 Å². The van der Waals surface area contributed by atoms with E-state index in [0.29, 0.717) is 0 Å². The standard InChI is InChI=1S/C9H9BN6.Na/c1-4-11-14(7-1)10(15-8-2-5-12-15)16-9-3-6-13-16;/h1-9H;/q-1;+1. The van der Waals surface area contributed by atoms with Crippen LogP contribution in [0.3, 0.4) is 0 Å². The predicted molar refractivity (Wildman–Crippen MR) is 58.6 cm³/mol. The Labute approximate surface area is 121 Å². The van der Waals surface area contributed by atoms with Crippen LogP contribution in [0.1, 0.15) is 0 Å². The van der Waals surface area contributed by atoms with Crippen LogP contribution in [0, 0.1) is 0 Å². The van der Waals surface area contributed by atoms with E-state index in [9.17, 15) is 0 Å². The third kappa shape index (κ3) is 2.36. The van der Waals surface area contributed by atoms with Crippen molar-refractivity contribution in [2.45, 2.75) is 0 Å². The van der Waals surface area contributed by atoms with Gasteiger partial charge in [0.15, 0.2) is 0 Å². The molecule has 0 aromatic carbocycles. The van der Waals surface area contributed by atoms with Gasteiger partial charge in [-0.2, -0.15) is 0 Å². The third-order valence-electron chi connectivity index (χ3n) is 2.28. The topological polar surface area (TPSA) is 53.5 Å². The Bertz CT molecular complexity index is 451. The molecule has 17 heavy (non-hydrogen) atoms. The van der Waals surface area contributed by atoms with E-state index in [1.807, 2.05) is 36.8 Å². The Morgan fingerprint density at radius 2 is 1.00 bits per heavy atom. The van der Waals surface area contributed by atoms with Gasteiger partial charge in [0.25, 0.3) is 7.12 Å². The van der Waals surface area contributed by atoms with Crippen LogP contribution in [0.2, 0.25) is 0 Å². The minimum Gasteiger partial charge on any atom is -0.425 e. The van der Waals surface area contributed by atoms with Crippen LogP contribution in [0.4, 0.5) is 0 Å². The van der Waals surface area contributed by atoms with E-state index < -0.39 is 0 Å². The average molecular weight is 235 g/mol. The number of aromatic nitrogens is 6. The summed E-state index contributed by atoms with van der Waals surface area (Å²) < 4.78 is 5.38. The molecule has 8 heteroatoms. The molecule has 0 bridgehead atoms. The molecule has 1 radical (unpaired) electrons. The first kappa shape index (κ1) is 12.2. The van der Waals surface area contributed by atoms with E-state index in [4.69, 9.17) is 0 Å². The van der Waals surface area contributed by atoms with Crippen molar-refractivity contribution in [2.24, 2.45) is 0 Å². The van der Waals surface area contributed by atoms with Crippen LogP contribution < -0.4 is 29.6 Å². The fourth-order valence-electron chi connectivity index (χ4n) is 1.62. The van der Waals surface area contributed by atoms with Gasteiger partial charge in [0.05, 0.1) is 0 Å².